The van der Waals surface area contributed by atoms with Crippen LogP contribution in [0.4, 0.5) is 0 Å². The van der Waals surface area contributed by atoms with Crippen molar-refractivity contribution in [1.29, 1.82) is 0 Å². The van der Waals surface area contributed by atoms with Gasteiger partial charge in [0.25, 0.3) is 5.91 Å². The number of para-hydroxylation sites is 1. The zero-order valence-electron chi connectivity index (χ0n) is 15.1. The second-order valence-corrected chi connectivity index (χ2v) is 6.88. The van der Waals surface area contributed by atoms with E-state index in [1.165, 1.54) is 11.1 Å². The summed E-state index contributed by atoms with van der Waals surface area (Å²) in [4.78, 5) is 15.3. The molecule has 1 N–H and O–H groups in total. The van der Waals surface area contributed by atoms with Crippen molar-refractivity contribution < 1.29 is 4.79 Å². The number of carbonyl (C=O) groups is 1. The molecule has 0 saturated carbocycles. The van der Waals surface area contributed by atoms with Crippen molar-refractivity contribution in [2.24, 2.45) is 0 Å². The molecule has 2 aromatic rings. The Bertz CT molecular complexity index is 711. The molecule has 1 saturated heterocycles. The molecule has 1 aromatic carbocycles. The van der Waals surface area contributed by atoms with Crippen LogP contribution in [0.15, 0.2) is 24.3 Å². The van der Waals surface area contributed by atoms with E-state index in [4.69, 9.17) is 0 Å². The molecule has 1 aliphatic heterocycles. The molecule has 130 valence electrons. The van der Waals surface area contributed by atoms with E-state index < -0.39 is 0 Å². The summed E-state index contributed by atoms with van der Waals surface area (Å²) in [6.07, 6.45) is 3.12. The molecule has 24 heavy (non-hydrogen) atoms. The quantitative estimate of drug-likeness (QED) is 0.911. The number of fused-ring (bicyclic) bond motifs is 1. The monoisotopic (exact) mass is 327 g/mol. The Morgan fingerprint density at radius 2 is 2.00 bits per heavy atom. The fourth-order valence-corrected chi connectivity index (χ4v) is 3.81. The lowest BCUT2D eigenvalue weighted by atomic mass is 10.0. The number of aryl methyl sites for hydroxylation is 2. The number of rotatable bonds is 5. The molecule has 3 rings (SSSR count). The molecule has 4 nitrogen and oxygen atoms in total. The summed E-state index contributed by atoms with van der Waals surface area (Å²) in [5, 5.41) is 4.43. The highest BCUT2D eigenvalue weighted by atomic mass is 16.2. The van der Waals surface area contributed by atoms with Crippen molar-refractivity contribution in [3.05, 3.63) is 35.5 Å². The number of nitrogens with zero attached hydrogens (tertiary/aromatic N) is 2. The fourth-order valence-electron chi connectivity index (χ4n) is 3.81. The van der Waals surface area contributed by atoms with E-state index in [1.807, 2.05) is 0 Å². The highest BCUT2D eigenvalue weighted by molar-refractivity contribution is 5.99. The van der Waals surface area contributed by atoms with Crippen LogP contribution < -0.4 is 5.32 Å². The largest absolute Gasteiger partial charge is 0.348 e. The van der Waals surface area contributed by atoms with E-state index in [1.54, 1.807) is 0 Å². The highest BCUT2D eigenvalue weighted by Gasteiger charge is 2.22. The number of hydrogen-bond acceptors (Lipinski definition) is 2. The zero-order valence-corrected chi connectivity index (χ0v) is 15.1. The van der Waals surface area contributed by atoms with Gasteiger partial charge in [0.1, 0.15) is 5.69 Å². The van der Waals surface area contributed by atoms with E-state index in [2.05, 4.69) is 59.8 Å². The maximum atomic E-state index is 12.9. The van der Waals surface area contributed by atoms with Gasteiger partial charge >= 0.3 is 0 Å². The third kappa shape index (κ3) is 3.34. The van der Waals surface area contributed by atoms with E-state index in [-0.39, 0.29) is 5.91 Å². The summed E-state index contributed by atoms with van der Waals surface area (Å²) in [5.74, 6) is 0.0778. The molecule has 0 unspecified atom stereocenters. The van der Waals surface area contributed by atoms with Crippen molar-refractivity contribution in [1.82, 2.24) is 14.8 Å². The van der Waals surface area contributed by atoms with Crippen molar-refractivity contribution >= 4 is 16.8 Å². The summed E-state index contributed by atoms with van der Waals surface area (Å²) >= 11 is 0. The summed E-state index contributed by atoms with van der Waals surface area (Å²) in [6.45, 7) is 10.6. The Kier molecular flexibility index (Phi) is 5.24. The second kappa shape index (κ2) is 7.39. The molecule has 2 heterocycles. The van der Waals surface area contributed by atoms with E-state index in [0.29, 0.717) is 6.04 Å². The summed E-state index contributed by atoms with van der Waals surface area (Å²) in [6, 6.07) is 8.64. The van der Waals surface area contributed by atoms with Crippen LogP contribution in [0.3, 0.4) is 0 Å². The molecule has 0 radical (unpaired) electrons. The predicted molar refractivity (Wildman–Crippen MR) is 99.6 cm³/mol. The van der Waals surface area contributed by atoms with Gasteiger partial charge in [-0.3, -0.25) is 4.79 Å². The molecule has 0 spiro atoms. The van der Waals surface area contributed by atoms with Crippen molar-refractivity contribution in [2.75, 3.05) is 19.6 Å². The van der Waals surface area contributed by atoms with Crippen LogP contribution in [-0.4, -0.2) is 41.1 Å². The summed E-state index contributed by atoms with van der Waals surface area (Å²) in [5.41, 5.74) is 3.24. The van der Waals surface area contributed by atoms with Crippen LogP contribution in [0.2, 0.25) is 0 Å². The Labute approximate surface area is 144 Å². The van der Waals surface area contributed by atoms with Crippen molar-refractivity contribution in [3.8, 4) is 0 Å². The first-order valence-electron chi connectivity index (χ1n) is 9.26. The minimum Gasteiger partial charge on any atom is -0.348 e. The standard InChI is InChI=1S/C20H29N3O/c1-4-11-23-18(14-16-8-6-7-15(3)19(16)23)20(24)21-17-9-12-22(5-2)13-10-17/h6-8,14,17H,4-5,9-13H2,1-3H3,(H,21,24). The van der Waals surface area contributed by atoms with Crippen LogP contribution in [0, 0.1) is 6.92 Å². The van der Waals surface area contributed by atoms with Gasteiger partial charge in [0, 0.05) is 31.1 Å². The third-order valence-electron chi connectivity index (χ3n) is 5.17. The topological polar surface area (TPSA) is 37.3 Å². The Morgan fingerprint density at radius 3 is 2.67 bits per heavy atom. The maximum Gasteiger partial charge on any atom is 0.268 e. The lowest BCUT2D eigenvalue weighted by Crippen LogP contribution is -2.44. The first-order valence-corrected chi connectivity index (χ1v) is 9.26. The SMILES string of the molecule is CCCn1c(C(=O)NC2CCN(CC)CC2)cc2cccc(C)c21. The molecule has 1 fully saturated rings. The van der Waals surface area contributed by atoms with Crippen LogP contribution in [0.25, 0.3) is 10.9 Å². The predicted octanol–water partition coefficient (Wildman–Crippen LogP) is 3.57. The average Bonchev–Trinajstić information content (AvgIpc) is 2.96. The van der Waals surface area contributed by atoms with E-state index in [0.717, 1.165) is 56.5 Å². The third-order valence-corrected chi connectivity index (χ3v) is 5.17. The number of benzene rings is 1. The highest BCUT2D eigenvalue weighted by Crippen LogP contribution is 2.24. The van der Waals surface area contributed by atoms with E-state index in [9.17, 15) is 4.79 Å². The first-order chi connectivity index (χ1) is 11.6. The molecule has 4 heteroatoms. The number of carbonyl (C=O) groups excluding carboxylic acids is 1. The molecule has 1 amide bonds. The summed E-state index contributed by atoms with van der Waals surface area (Å²) < 4.78 is 2.20. The lowest BCUT2D eigenvalue weighted by Gasteiger charge is -2.31. The van der Waals surface area contributed by atoms with Crippen molar-refractivity contribution in [3.63, 3.8) is 0 Å². The number of likely N-dealkylation sites (tertiary alicyclic amines) is 1. The molecule has 1 aliphatic rings. The minimum absolute atomic E-state index is 0.0778. The van der Waals surface area contributed by atoms with Gasteiger partial charge in [-0.15, -0.1) is 0 Å². The van der Waals surface area contributed by atoms with Gasteiger partial charge in [-0.2, -0.15) is 0 Å². The van der Waals surface area contributed by atoms with E-state index >= 15 is 0 Å². The Balaban J connectivity index is 1.82. The number of amides is 1. The molecule has 0 aliphatic carbocycles. The molecule has 0 bridgehead atoms. The lowest BCUT2D eigenvalue weighted by molar-refractivity contribution is 0.0903. The van der Waals surface area contributed by atoms with Crippen LogP contribution in [-0.2, 0) is 6.54 Å². The molecular weight excluding hydrogens is 298 g/mol. The number of nitrogens with one attached hydrogen (secondary N) is 1. The number of piperidine rings is 1. The van der Waals surface area contributed by atoms with Crippen molar-refractivity contribution in [2.45, 2.75) is 52.6 Å². The molecular formula is C20H29N3O. The average molecular weight is 327 g/mol. The van der Waals surface area contributed by atoms with Gasteiger partial charge in [0.15, 0.2) is 0 Å². The number of aromatic nitrogens is 1. The van der Waals surface area contributed by atoms with Crippen LogP contribution in [0.5, 0.6) is 0 Å². The Morgan fingerprint density at radius 1 is 1.25 bits per heavy atom. The van der Waals surface area contributed by atoms with Gasteiger partial charge < -0.3 is 14.8 Å². The maximum absolute atomic E-state index is 12.9. The second-order valence-electron chi connectivity index (χ2n) is 6.88. The van der Waals surface area contributed by atoms with Gasteiger partial charge in [-0.25, -0.2) is 0 Å². The fraction of sp³-hybridized carbons (Fsp3) is 0.550. The Hall–Kier alpha value is -1.81. The number of hydrogen-bond donors (Lipinski definition) is 1. The first kappa shape index (κ1) is 17.0. The normalized spacial score (nSPS) is 16.6. The van der Waals surface area contributed by atoms with Gasteiger partial charge in [0.05, 0.1) is 5.52 Å². The van der Waals surface area contributed by atoms with Crippen LogP contribution in [0.1, 0.15) is 49.2 Å². The minimum atomic E-state index is 0.0778. The van der Waals surface area contributed by atoms with Gasteiger partial charge in [0.2, 0.25) is 0 Å². The van der Waals surface area contributed by atoms with Gasteiger partial charge in [-0.1, -0.05) is 32.0 Å². The smallest absolute Gasteiger partial charge is 0.268 e. The zero-order chi connectivity index (χ0) is 17.1. The van der Waals surface area contributed by atoms with Gasteiger partial charge in [-0.05, 0) is 44.4 Å². The molecule has 0 atom stereocenters. The summed E-state index contributed by atoms with van der Waals surface area (Å²) in [7, 11) is 0. The molecule has 1 aromatic heterocycles. The van der Waals surface area contributed by atoms with Crippen LogP contribution >= 0.6 is 0 Å².